The lowest BCUT2D eigenvalue weighted by atomic mass is 9.87. The molecule has 1 aliphatic heterocycles. The summed E-state index contributed by atoms with van der Waals surface area (Å²) < 4.78 is 0. The molecule has 106 valence electrons. The van der Waals surface area contributed by atoms with Gasteiger partial charge in [-0.15, -0.1) is 0 Å². The molecule has 1 aromatic carbocycles. The Balaban J connectivity index is 1.96. The van der Waals surface area contributed by atoms with Gasteiger partial charge in [0.05, 0.1) is 0 Å². The first-order valence-electron chi connectivity index (χ1n) is 7.67. The molecular formula is C17H28N2. The van der Waals surface area contributed by atoms with Gasteiger partial charge in [0, 0.05) is 18.6 Å². The van der Waals surface area contributed by atoms with Crippen LogP contribution in [-0.4, -0.2) is 31.6 Å². The average molecular weight is 260 g/mol. The first kappa shape index (κ1) is 14.5. The number of nitrogens with zero attached hydrogens (tertiary/aromatic N) is 1. The van der Waals surface area contributed by atoms with Crippen LogP contribution in [0, 0.1) is 5.92 Å². The number of benzene rings is 1. The van der Waals surface area contributed by atoms with Gasteiger partial charge in [0.2, 0.25) is 0 Å². The third kappa shape index (κ3) is 3.80. The van der Waals surface area contributed by atoms with Crippen molar-refractivity contribution in [3.8, 4) is 0 Å². The second kappa shape index (κ2) is 7.06. The van der Waals surface area contributed by atoms with Crippen LogP contribution in [0.15, 0.2) is 30.3 Å². The number of piperidine rings is 1. The van der Waals surface area contributed by atoms with Gasteiger partial charge in [-0.2, -0.15) is 0 Å². The Kier molecular flexibility index (Phi) is 5.41. The molecule has 1 heterocycles. The number of likely N-dealkylation sites (tertiary alicyclic amines) is 1. The Labute approximate surface area is 118 Å². The average Bonchev–Trinajstić information content (AvgIpc) is 2.47. The summed E-state index contributed by atoms with van der Waals surface area (Å²) in [5, 5.41) is 3.48. The maximum absolute atomic E-state index is 3.48. The van der Waals surface area contributed by atoms with Gasteiger partial charge in [0.25, 0.3) is 0 Å². The smallest absolute Gasteiger partial charge is 0.0332 e. The summed E-state index contributed by atoms with van der Waals surface area (Å²) in [4.78, 5) is 2.57. The van der Waals surface area contributed by atoms with E-state index in [1.165, 1.54) is 37.8 Å². The number of hydrogen-bond acceptors (Lipinski definition) is 2. The monoisotopic (exact) mass is 260 g/mol. The van der Waals surface area contributed by atoms with Gasteiger partial charge in [0.15, 0.2) is 0 Å². The molecule has 0 spiro atoms. The van der Waals surface area contributed by atoms with Crippen LogP contribution in [-0.2, 0) is 0 Å². The van der Waals surface area contributed by atoms with Gasteiger partial charge in [-0.1, -0.05) is 43.7 Å². The van der Waals surface area contributed by atoms with Gasteiger partial charge in [0.1, 0.15) is 0 Å². The molecule has 2 rings (SSSR count). The van der Waals surface area contributed by atoms with Crippen LogP contribution in [0.1, 0.15) is 44.2 Å². The van der Waals surface area contributed by atoms with Crippen LogP contribution in [0.3, 0.4) is 0 Å². The minimum absolute atomic E-state index is 0.479. The van der Waals surface area contributed by atoms with Crippen molar-refractivity contribution in [1.29, 1.82) is 0 Å². The predicted octanol–water partition coefficient (Wildman–Crippen LogP) is 3.46. The highest BCUT2D eigenvalue weighted by molar-refractivity contribution is 5.19. The minimum atomic E-state index is 0.479. The highest BCUT2D eigenvalue weighted by atomic mass is 15.1. The quantitative estimate of drug-likeness (QED) is 0.872. The standard InChI is InChI=1S/C17H28N2/c1-4-14-10-11-16(19(3)13-14)12-17(18-2)15-8-6-5-7-9-15/h5-9,14,16-18H,4,10-13H2,1-3H3. The molecule has 1 aromatic rings. The zero-order valence-electron chi connectivity index (χ0n) is 12.6. The molecule has 3 atom stereocenters. The Hall–Kier alpha value is -0.860. The molecule has 1 fully saturated rings. The van der Waals surface area contributed by atoms with Crippen molar-refractivity contribution < 1.29 is 0 Å². The van der Waals surface area contributed by atoms with Crippen LogP contribution < -0.4 is 5.32 Å². The molecule has 0 saturated carbocycles. The molecule has 0 bridgehead atoms. The van der Waals surface area contributed by atoms with Crippen LogP contribution in [0.25, 0.3) is 0 Å². The zero-order valence-corrected chi connectivity index (χ0v) is 12.6. The molecule has 2 nitrogen and oxygen atoms in total. The van der Waals surface area contributed by atoms with Crippen LogP contribution in [0.5, 0.6) is 0 Å². The summed E-state index contributed by atoms with van der Waals surface area (Å²) in [5.74, 6) is 0.908. The van der Waals surface area contributed by atoms with Gasteiger partial charge in [-0.3, -0.25) is 0 Å². The summed E-state index contributed by atoms with van der Waals surface area (Å²) in [6, 6.07) is 12.0. The normalized spacial score (nSPS) is 26.3. The number of nitrogens with one attached hydrogen (secondary N) is 1. The van der Waals surface area contributed by atoms with Gasteiger partial charge in [-0.25, -0.2) is 0 Å². The fraction of sp³-hybridized carbons (Fsp3) is 0.647. The second-order valence-corrected chi connectivity index (χ2v) is 5.93. The van der Waals surface area contributed by atoms with Crippen molar-refractivity contribution in [2.24, 2.45) is 5.92 Å². The van der Waals surface area contributed by atoms with Crippen LogP contribution in [0.2, 0.25) is 0 Å². The molecule has 1 aliphatic rings. The van der Waals surface area contributed by atoms with E-state index in [0.717, 1.165) is 12.0 Å². The summed E-state index contributed by atoms with van der Waals surface area (Å²) in [5.41, 5.74) is 1.41. The number of hydrogen-bond donors (Lipinski definition) is 1. The summed E-state index contributed by atoms with van der Waals surface area (Å²) in [6.07, 6.45) is 5.29. The van der Waals surface area contributed by atoms with E-state index in [-0.39, 0.29) is 0 Å². The minimum Gasteiger partial charge on any atom is -0.313 e. The van der Waals surface area contributed by atoms with Crippen LogP contribution in [0.4, 0.5) is 0 Å². The molecule has 0 aromatic heterocycles. The van der Waals surface area contributed by atoms with E-state index in [4.69, 9.17) is 0 Å². The summed E-state index contributed by atoms with van der Waals surface area (Å²) >= 11 is 0. The maximum atomic E-state index is 3.48. The topological polar surface area (TPSA) is 15.3 Å². The van der Waals surface area contributed by atoms with Crippen molar-refractivity contribution in [1.82, 2.24) is 10.2 Å². The molecule has 19 heavy (non-hydrogen) atoms. The lowest BCUT2D eigenvalue weighted by Gasteiger charge is -2.38. The van der Waals surface area contributed by atoms with E-state index >= 15 is 0 Å². The van der Waals surface area contributed by atoms with E-state index < -0.39 is 0 Å². The van der Waals surface area contributed by atoms with E-state index in [9.17, 15) is 0 Å². The molecule has 3 unspecified atom stereocenters. The highest BCUT2D eigenvalue weighted by Gasteiger charge is 2.26. The number of rotatable bonds is 5. The fourth-order valence-electron chi connectivity index (χ4n) is 3.31. The molecule has 1 saturated heterocycles. The first-order valence-corrected chi connectivity index (χ1v) is 7.67. The van der Waals surface area contributed by atoms with Crippen molar-refractivity contribution in [3.05, 3.63) is 35.9 Å². The van der Waals surface area contributed by atoms with Crippen molar-refractivity contribution in [2.45, 2.75) is 44.7 Å². The Bertz CT molecular complexity index is 363. The fourth-order valence-corrected chi connectivity index (χ4v) is 3.31. The van der Waals surface area contributed by atoms with E-state index in [2.05, 4.69) is 61.6 Å². The highest BCUT2D eigenvalue weighted by Crippen LogP contribution is 2.29. The van der Waals surface area contributed by atoms with E-state index in [1.54, 1.807) is 0 Å². The van der Waals surface area contributed by atoms with Crippen LogP contribution >= 0.6 is 0 Å². The maximum Gasteiger partial charge on any atom is 0.0332 e. The first-order chi connectivity index (χ1) is 9.24. The Morgan fingerprint density at radius 3 is 2.58 bits per heavy atom. The summed E-state index contributed by atoms with van der Waals surface area (Å²) in [6.45, 7) is 3.59. The van der Waals surface area contributed by atoms with E-state index in [1.807, 2.05) is 0 Å². The molecule has 0 amide bonds. The van der Waals surface area contributed by atoms with Gasteiger partial charge in [-0.05, 0) is 44.8 Å². The molecule has 0 radical (unpaired) electrons. The molecule has 1 N–H and O–H groups in total. The van der Waals surface area contributed by atoms with Gasteiger partial charge < -0.3 is 10.2 Å². The Morgan fingerprint density at radius 2 is 2.00 bits per heavy atom. The lowest BCUT2D eigenvalue weighted by molar-refractivity contribution is 0.120. The largest absolute Gasteiger partial charge is 0.313 e. The Morgan fingerprint density at radius 1 is 1.26 bits per heavy atom. The van der Waals surface area contributed by atoms with Crippen molar-refractivity contribution >= 4 is 0 Å². The lowest BCUT2D eigenvalue weighted by Crippen LogP contribution is -2.42. The third-order valence-electron chi connectivity index (χ3n) is 4.71. The third-order valence-corrected chi connectivity index (χ3v) is 4.71. The van der Waals surface area contributed by atoms with E-state index in [0.29, 0.717) is 6.04 Å². The predicted molar refractivity (Wildman–Crippen MR) is 82.3 cm³/mol. The second-order valence-electron chi connectivity index (χ2n) is 5.93. The molecular weight excluding hydrogens is 232 g/mol. The zero-order chi connectivity index (χ0) is 13.7. The SMILES string of the molecule is CCC1CCC(CC(NC)c2ccccc2)N(C)C1. The summed E-state index contributed by atoms with van der Waals surface area (Å²) in [7, 11) is 4.37. The molecule has 0 aliphatic carbocycles. The van der Waals surface area contributed by atoms with Crippen molar-refractivity contribution in [2.75, 3.05) is 20.6 Å². The molecule has 2 heteroatoms. The van der Waals surface area contributed by atoms with Gasteiger partial charge >= 0.3 is 0 Å². The van der Waals surface area contributed by atoms with Crippen molar-refractivity contribution in [3.63, 3.8) is 0 Å².